The van der Waals surface area contributed by atoms with Gasteiger partial charge in [-0.3, -0.25) is 14.5 Å². The van der Waals surface area contributed by atoms with E-state index in [-0.39, 0.29) is 16.8 Å². The number of amides is 1. The van der Waals surface area contributed by atoms with Gasteiger partial charge in [0, 0.05) is 10.2 Å². The molecule has 0 fully saturated rings. The Morgan fingerprint density at radius 2 is 1.72 bits per heavy atom. The molecule has 1 atom stereocenters. The number of anilines is 1. The molecule has 0 saturated heterocycles. The quantitative estimate of drug-likeness (QED) is 0.182. The van der Waals surface area contributed by atoms with Gasteiger partial charge in [-0.1, -0.05) is 53.4 Å². The molecule has 3 aromatic carbocycles. The van der Waals surface area contributed by atoms with Crippen LogP contribution in [0.4, 0.5) is 5.69 Å². The van der Waals surface area contributed by atoms with Crippen molar-refractivity contribution in [3.05, 3.63) is 91.2 Å². The monoisotopic (exact) mass is 611 g/mol. The Bertz CT molecular complexity index is 1620. The zero-order valence-electron chi connectivity index (χ0n) is 21.8. The van der Waals surface area contributed by atoms with E-state index in [1.54, 1.807) is 55.6 Å². The normalized spacial score (nSPS) is 14.5. The molecule has 0 bridgehead atoms. The highest BCUT2D eigenvalue weighted by Crippen LogP contribution is 2.44. The maximum atomic E-state index is 13.9. The molecule has 9 heteroatoms. The second kappa shape index (κ2) is 11.3. The van der Waals surface area contributed by atoms with E-state index in [1.807, 2.05) is 6.07 Å². The second-order valence-electron chi connectivity index (χ2n) is 9.18. The van der Waals surface area contributed by atoms with Crippen LogP contribution in [0.2, 0.25) is 5.02 Å². The molecule has 1 aliphatic heterocycles. The molecular weight excluding hydrogens is 586 g/mol. The van der Waals surface area contributed by atoms with Gasteiger partial charge in [0.2, 0.25) is 5.76 Å². The molecule has 4 aromatic rings. The van der Waals surface area contributed by atoms with E-state index in [9.17, 15) is 9.59 Å². The second-order valence-corrected chi connectivity index (χ2v) is 10.5. The SMILES string of the molecule is CCCCCOc1ccc(C2c3c(oc4ccc(Br)cc4c3=O)C(=O)N2c2ccc(OC)c(Cl)c2)cc1OC. The Morgan fingerprint density at radius 3 is 2.44 bits per heavy atom. The summed E-state index contributed by atoms with van der Waals surface area (Å²) in [5, 5.41) is 0.706. The summed E-state index contributed by atoms with van der Waals surface area (Å²) in [6.07, 6.45) is 3.09. The first-order valence-electron chi connectivity index (χ1n) is 12.6. The lowest BCUT2D eigenvalue weighted by molar-refractivity contribution is 0.0971. The summed E-state index contributed by atoms with van der Waals surface area (Å²) in [5.41, 5.74) is 1.44. The average molecular weight is 613 g/mol. The van der Waals surface area contributed by atoms with E-state index in [0.717, 1.165) is 23.7 Å². The molecule has 1 amide bonds. The number of halogens is 2. The first-order chi connectivity index (χ1) is 18.9. The van der Waals surface area contributed by atoms with Gasteiger partial charge >= 0.3 is 0 Å². The topological polar surface area (TPSA) is 78.2 Å². The molecule has 2 heterocycles. The summed E-state index contributed by atoms with van der Waals surface area (Å²) in [4.78, 5) is 29.3. The molecule has 202 valence electrons. The van der Waals surface area contributed by atoms with Crippen LogP contribution in [0.3, 0.4) is 0 Å². The number of carbonyl (C=O) groups excluding carboxylic acids is 1. The standard InChI is InChI=1S/C30H27BrClNO6/c1-4-5-6-13-38-24-10-7-17(14-25(24)37-3)27-26-28(34)20-15-18(31)8-11-22(20)39-29(26)30(35)33(27)19-9-12-23(36-2)21(32)16-19/h7-12,14-16,27H,4-6,13H2,1-3H3. The Labute approximate surface area is 239 Å². The van der Waals surface area contributed by atoms with Crippen LogP contribution in [-0.2, 0) is 0 Å². The van der Waals surface area contributed by atoms with Crippen LogP contribution in [0.1, 0.15) is 53.9 Å². The van der Waals surface area contributed by atoms with Crippen molar-refractivity contribution in [2.24, 2.45) is 0 Å². The number of carbonyl (C=O) groups is 1. The Kier molecular flexibility index (Phi) is 7.86. The number of ether oxygens (including phenoxy) is 3. The number of hydrogen-bond donors (Lipinski definition) is 0. The molecular formula is C30H27BrClNO6. The lowest BCUT2D eigenvalue weighted by Gasteiger charge is -2.26. The van der Waals surface area contributed by atoms with Gasteiger partial charge in [-0.25, -0.2) is 0 Å². The van der Waals surface area contributed by atoms with Crippen LogP contribution in [-0.4, -0.2) is 26.7 Å². The van der Waals surface area contributed by atoms with Crippen molar-refractivity contribution in [3.8, 4) is 17.2 Å². The molecule has 1 unspecified atom stereocenters. The third-order valence-electron chi connectivity index (χ3n) is 6.75. The fourth-order valence-electron chi connectivity index (χ4n) is 4.84. The van der Waals surface area contributed by atoms with Gasteiger partial charge < -0.3 is 18.6 Å². The molecule has 7 nitrogen and oxygen atoms in total. The molecule has 1 aromatic heterocycles. The maximum absolute atomic E-state index is 13.9. The minimum atomic E-state index is -0.792. The summed E-state index contributed by atoms with van der Waals surface area (Å²) in [5.74, 6) is 1.11. The third kappa shape index (κ3) is 4.99. The Morgan fingerprint density at radius 1 is 0.949 bits per heavy atom. The van der Waals surface area contributed by atoms with Crippen LogP contribution in [0.25, 0.3) is 11.0 Å². The largest absolute Gasteiger partial charge is 0.495 e. The van der Waals surface area contributed by atoms with Crippen molar-refractivity contribution in [3.63, 3.8) is 0 Å². The lowest BCUT2D eigenvalue weighted by atomic mass is 9.97. The summed E-state index contributed by atoms with van der Waals surface area (Å²) in [6.45, 7) is 2.70. The molecule has 1 aliphatic rings. The highest BCUT2D eigenvalue weighted by atomic mass is 79.9. The van der Waals surface area contributed by atoms with Crippen molar-refractivity contribution in [1.82, 2.24) is 0 Å². The van der Waals surface area contributed by atoms with Crippen molar-refractivity contribution in [2.45, 2.75) is 32.2 Å². The minimum absolute atomic E-state index is 0.00868. The van der Waals surface area contributed by atoms with E-state index >= 15 is 0 Å². The van der Waals surface area contributed by atoms with Crippen molar-refractivity contribution in [2.75, 3.05) is 25.7 Å². The van der Waals surface area contributed by atoms with Crippen LogP contribution < -0.4 is 24.5 Å². The van der Waals surface area contributed by atoms with E-state index in [1.165, 1.54) is 12.0 Å². The van der Waals surface area contributed by atoms with Gasteiger partial charge in [0.05, 0.1) is 42.8 Å². The van der Waals surface area contributed by atoms with Gasteiger partial charge in [-0.2, -0.15) is 0 Å². The highest BCUT2D eigenvalue weighted by Gasteiger charge is 2.44. The summed E-state index contributed by atoms with van der Waals surface area (Å²) in [6, 6.07) is 14.8. The summed E-state index contributed by atoms with van der Waals surface area (Å²) < 4.78 is 23.7. The Balaban J connectivity index is 1.68. The number of rotatable bonds is 9. The van der Waals surface area contributed by atoms with Crippen molar-refractivity contribution in [1.29, 1.82) is 0 Å². The fourth-order valence-corrected chi connectivity index (χ4v) is 5.45. The van der Waals surface area contributed by atoms with E-state index in [4.69, 9.17) is 30.2 Å². The molecule has 0 saturated carbocycles. The number of nitrogens with zero attached hydrogens (tertiary/aromatic N) is 1. The zero-order chi connectivity index (χ0) is 27.7. The van der Waals surface area contributed by atoms with Crippen molar-refractivity contribution >= 4 is 50.1 Å². The first-order valence-corrected chi connectivity index (χ1v) is 13.8. The van der Waals surface area contributed by atoms with Crippen LogP contribution in [0.15, 0.2) is 68.3 Å². The smallest absolute Gasteiger partial charge is 0.295 e. The number of methoxy groups -OCH3 is 2. The molecule has 0 spiro atoms. The highest BCUT2D eigenvalue weighted by molar-refractivity contribution is 9.10. The predicted molar refractivity (Wildman–Crippen MR) is 155 cm³/mol. The van der Waals surface area contributed by atoms with Gasteiger partial charge in [-0.05, 0) is 60.5 Å². The number of unbranched alkanes of at least 4 members (excludes halogenated alkanes) is 2. The molecule has 0 radical (unpaired) electrons. The summed E-state index contributed by atoms with van der Waals surface area (Å²) >= 11 is 9.88. The average Bonchev–Trinajstić information content (AvgIpc) is 3.23. The van der Waals surface area contributed by atoms with Crippen molar-refractivity contribution < 1.29 is 23.4 Å². The molecule has 5 rings (SSSR count). The van der Waals surface area contributed by atoms with Crippen LogP contribution >= 0.6 is 27.5 Å². The predicted octanol–water partition coefficient (Wildman–Crippen LogP) is 7.54. The molecule has 0 aliphatic carbocycles. The number of benzene rings is 3. The fraction of sp³-hybridized carbons (Fsp3) is 0.267. The van der Waals surface area contributed by atoms with Gasteiger partial charge in [0.15, 0.2) is 16.9 Å². The van der Waals surface area contributed by atoms with E-state index < -0.39 is 11.9 Å². The van der Waals surface area contributed by atoms with E-state index in [0.29, 0.717) is 51.1 Å². The third-order valence-corrected chi connectivity index (χ3v) is 7.54. The van der Waals surface area contributed by atoms with Gasteiger partial charge in [0.25, 0.3) is 5.91 Å². The van der Waals surface area contributed by atoms with Gasteiger partial charge in [0.1, 0.15) is 11.3 Å². The van der Waals surface area contributed by atoms with Crippen LogP contribution in [0, 0.1) is 0 Å². The number of hydrogen-bond acceptors (Lipinski definition) is 6. The lowest BCUT2D eigenvalue weighted by Crippen LogP contribution is -2.29. The zero-order valence-corrected chi connectivity index (χ0v) is 24.1. The van der Waals surface area contributed by atoms with Crippen LogP contribution in [0.5, 0.6) is 17.2 Å². The maximum Gasteiger partial charge on any atom is 0.295 e. The van der Waals surface area contributed by atoms with Gasteiger partial charge in [-0.15, -0.1) is 0 Å². The number of fused-ring (bicyclic) bond motifs is 2. The molecule has 39 heavy (non-hydrogen) atoms. The minimum Gasteiger partial charge on any atom is -0.495 e. The van der Waals surface area contributed by atoms with E-state index in [2.05, 4.69) is 22.9 Å². The first kappa shape index (κ1) is 27.1. The molecule has 0 N–H and O–H groups in total. The Hall–Kier alpha value is -3.49. The summed E-state index contributed by atoms with van der Waals surface area (Å²) in [7, 11) is 3.08.